The Morgan fingerprint density at radius 2 is 1.88 bits per heavy atom. The molecular formula is C13H30N2O. The van der Waals surface area contributed by atoms with E-state index < -0.39 is 0 Å². The van der Waals surface area contributed by atoms with Gasteiger partial charge in [0.05, 0.1) is 6.61 Å². The number of rotatable bonds is 9. The van der Waals surface area contributed by atoms with Gasteiger partial charge in [0.2, 0.25) is 0 Å². The molecule has 0 aromatic rings. The molecule has 2 atom stereocenters. The summed E-state index contributed by atoms with van der Waals surface area (Å²) in [5.41, 5.74) is 0. The van der Waals surface area contributed by atoms with Crippen LogP contribution in [-0.4, -0.2) is 50.8 Å². The lowest BCUT2D eigenvalue weighted by molar-refractivity contribution is 0.105. The Kier molecular flexibility index (Phi) is 8.90. The quantitative estimate of drug-likeness (QED) is 0.655. The van der Waals surface area contributed by atoms with E-state index in [1.54, 1.807) is 7.11 Å². The van der Waals surface area contributed by atoms with E-state index >= 15 is 0 Å². The Morgan fingerprint density at radius 3 is 2.31 bits per heavy atom. The molecule has 3 heteroatoms. The van der Waals surface area contributed by atoms with Crippen LogP contribution in [0.3, 0.4) is 0 Å². The second-order valence-electron chi connectivity index (χ2n) is 5.05. The van der Waals surface area contributed by atoms with Crippen molar-refractivity contribution < 1.29 is 4.74 Å². The van der Waals surface area contributed by atoms with E-state index in [0.29, 0.717) is 18.0 Å². The van der Waals surface area contributed by atoms with Crippen LogP contribution in [-0.2, 0) is 4.74 Å². The number of methoxy groups -OCH3 is 1. The van der Waals surface area contributed by atoms with Gasteiger partial charge in [-0.25, -0.2) is 0 Å². The van der Waals surface area contributed by atoms with Crippen LogP contribution in [0.25, 0.3) is 0 Å². The maximum Gasteiger partial charge on any atom is 0.0615 e. The van der Waals surface area contributed by atoms with Crippen molar-refractivity contribution >= 4 is 0 Å². The molecule has 0 radical (unpaired) electrons. The van der Waals surface area contributed by atoms with E-state index in [2.05, 4.69) is 45.0 Å². The van der Waals surface area contributed by atoms with Crippen molar-refractivity contribution in [2.24, 2.45) is 5.92 Å². The average molecular weight is 230 g/mol. The number of hydrogen-bond donors (Lipinski definition) is 1. The maximum atomic E-state index is 5.19. The molecular weight excluding hydrogens is 200 g/mol. The fourth-order valence-corrected chi connectivity index (χ4v) is 1.70. The van der Waals surface area contributed by atoms with E-state index in [-0.39, 0.29) is 0 Å². The number of hydrogen-bond acceptors (Lipinski definition) is 3. The highest BCUT2D eigenvalue weighted by molar-refractivity contribution is 4.76. The third-order valence-corrected chi connectivity index (χ3v) is 3.11. The Labute approximate surface area is 102 Å². The van der Waals surface area contributed by atoms with E-state index in [4.69, 9.17) is 4.74 Å². The molecule has 0 aromatic heterocycles. The summed E-state index contributed by atoms with van der Waals surface area (Å²) in [7, 11) is 3.94. The summed E-state index contributed by atoms with van der Waals surface area (Å²) in [6.07, 6.45) is 1.19. The lowest BCUT2D eigenvalue weighted by Crippen LogP contribution is -2.46. The molecule has 3 nitrogen and oxygen atoms in total. The Balaban J connectivity index is 4.06. The molecule has 98 valence electrons. The molecule has 0 aliphatic rings. The summed E-state index contributed by atoms with van der Waals surface area (Å²) >= 11 is 0. The highest BCUT2D eigenvalue weighted by Gasteiger charge is 2.17. The van der Waals surface area contributed by atoms with Crippen LogP contribution in [0.2, 0.25) is 0 Å². The van der Waals surface area contributed by atoms with Gasteiger partial charge in [0.25, 0.3) is 0 Å². The first kappa shape index (κ1) is 15.9. The first-order chi connectivity index (χ1) is 7.52. The normalized spacial score (nSPS) is 15.8. The topological polar surface area (TPSA) is 24.5 Å². The fourth-order valence-electron chi connectivity index (χ4n) is 1.70. The van der Waals surface area contributed by atoms with Gasteiger partial charge in [0, 0.05) is 25.7 Å². The zero-order chi connectivity index (χ0) is 12.6. The molecule has 0 amide bonds. The molecule has 16 heavy (non-hydrogen) atoms. The van der Waals surface area contributed by atoms with E-state index in [0.717, 1.165) is 19.7 Å². The van der Waals surface area contributed by atoms with E-state index in [1.807, 2.05) is 0 Å². The van der Waals surface area contributed by atoms with Crippen molar-refractivity contribution in [3.63, 3.8) is 0 Å². The average Bonchev–Trinajstić information content (AvgIpc) is 2.23. The smallest absolute Gasteiger partial charge is 0.0615 e. The van der Waals surface area contributed by atoms with Crippen molar-refractivity contribution in [1.29, 1.82) is 0 Å². The second kappa shape index (κ2) is 8.97. The molecule has 0 aliphatic carbocycles. The van der Waals surface area contributed by atoms with Crippen molar-refractivity contribution in [2.45, 2.75) is 46.2 Å². The predicted octanol–water partition coefficient (Wildman–Crippen LogP) is 1.98. The van der Waals surface area contributed by atoms with Gasteiger partial charge in [0.15, 0.2) is 0 Å². The molecule has 0 rings (SSSR count). The first-order valence-corrected chi connectivity index (χ1v) is 6.45. The summed E-state index contributed by atoms with van der Waals surface area (Å²) in [4.78, 5) is 2.37. The largest absolute Gasteiger partial charge is 0.383 e. The maximum absolute atomic E-state index is 5.19. The summed E-state index contributed by atoms with van der Waals surface area (Å²) in [5.74, 6) is 0.670. The number of ether oxygens (including phenoxy) is 1. The van der Waals surface area contributed by atoms with Crippen LogP contribution < -0.4 is 5.32 Å². The molecule has 1 N–H and O–H groups in total. The second-order valence-corrected chi connectivity index (χ2v) is 5.05. The van der Waals surface area contributed by atoms with Crippen molar-refractivity contribution in [2.75, 3.05) is 33.9 Å². The van der Waals surface area contributed by atoms with E-state index in [9.17, 15) is 0 Å². The van der Waals surface area contributed by atoms with Crippen molar-refractivity contribution in [1.82, 2.24) is 10.2 Å². The van der Waals surface area contributed by atoms with Gasteiger partial charge in [-0.3, -0.25) is 4.90 Å². The van der Waals surface area contributed by atoms with Crippen LogP contribution in [0.15, 0.2) is 0 Å². The zero-order valence-corrected chi connectivity index (χ0v) is 11.9. The highest BCUT2D eigenvalue weighted by Crippen LogP contribution is 2.06. The van der Waals surface area contributed by atoms with Crippen LogP contribution in [0.1, 0.15) is 34.1 Å². The lowest BCUT2D eigenvalue weighted by Gasteiger charge is -2.31. The van der Waals surface area contributed by atoms with Gasteiger partial charge in [-0.05, 0) is 32.9 Å². The number of likely N-dealkylation sites (N-methyl/N-ethyl adjacent to an activating group) is 1. The van der Waals surface area contributed by atoms with Crippen LogP contribution in [0.4, 0.5) is 0 Å². The molecule has 0 aliphatic heterocycles. The molecule has 0 saturated carbocycles. The van der Waals surface area contributed by atoms with Crippen LogP contribution in [0, 0.1) is 5.92 Å². The molecule has 0 bridgehead atoms. The van der Waals surface area contributed by atoms with Gasteiger partial charge < -0.3 is 10.1 Å². The number of nitrogens with one attached hydrogen (secondary N) is 1. The Hall–Kier alpha value is -0.120. The summed E-state index contributed by atoms with van der Waals surface area (Å²) in [6.45, 7) is 12.0. The van der Waals surface area contributed by atoms with Gasteiger partial charge in [-0.2, -0.15) is 0 Å². The molecule has 0 fully saturated rings. The summed E-state index contributed by atoms with van der Waals surface area (Å²) < 4.78 is 5.19. The first-order valence-electron chi connectivity index (χ1n) is 6.45. The van der Waals surface area contributed by atoms with E-state index in [1.165, 1.54) is 6.42 Å². The minimum atomic E-state index is 0.481. The van der Waals surface area contributed by atoms with Crippen LogP contribution >= 0.6 is 0 Å². The molecule has 0 aromatic carbocycles. The summed E-state index contributed by atoms with van der Waals surface area (Å²) in [5, 5.41) is 3.61. The zero-order valence-electron chi connectivity index (χ0n) is 11.9. The molecule has 0 saturated heterocycles. The third kappa shape index (κ3) is 6.46. The van der Waals surface area contributed by atoms with Crippen molar-refractivity contribution in [3.05, 3.63) is 0 Å². The highest BCUT2D eigenvalue weighted by atomic mass is 16.5. The minimum Gasteiger partial charge on any atom is -0.383 e. The molecule has 2 unspecified atom stereocenters. The van der Waals surface area contributed by atoms with Gasteiger partial charge in [0.1, 0.15) is 0 Å². The minimum absolute atomic E-state index is 0.481. The standard InChI is InChI=1S/C13H30N2O/c1-7-8-14-13(11(2)3)9-15(5)12(4)10-16-6/h11-14H,7-10H2,1-6H3. The fraction of sp³-hybridized carbons (Fsp3) is 1.00. The third-order valence-electron chi connectivity index (χ3n) is 3.11. The van der Waals surface area contributed by atoms with Crippen LogP contribution in [0.5, 0.6) is 0 Å². The Bertz CT molecular complexity index is 162. The number of nitrogens with zero attached hydrogens (tertiary/aromatic N) is 1. The van der Waals surface area contributed by atoms with Gasteiger partial charge in [-0.1, -0.05) is 20.8 Å². The van der Waals surface area contributed by atoms with Crippen molar-refractivity contribution in [3.8, 4) is 0 Å². The monoisotopic (exact) mass is 230 g/mol. The predicted molar refractivity (Wildman–Crippen MR) is 70.9 cm³/mol. The molecule has 0 heterocycles. The SMILES string of the molecule is CCCNC(CN(C)C(C)COC)C(C)C. The van der Waals surface area contributed by atoms with Gasteiger partial charge in [-0.15, -0.1) is 0 Å². The summed E-state index contributed by atoms with van der Waals surface area (Å²) in [6, 6.07) is 1.05. The Morgan fingerprint density at radius 1 is 1.25 bits per heavy atom. The van der Waals surface area contributed by atoms with Gasteiger partial charge >= 0.3 is 0 Å². The molecule has 0 spiro atoms. The lowest BCUT2D eigenvalue weighted by atomic mass is 10.0.